The van der Waals surface area contributed by atoms with E-state index in [9.17, 15) is 0 Å². The van der Waals surface area contributed by atoms with Gasteiger partial charge in [-0.15, -0.1) is 5.10 Å². The molecule has 0 amide bonds. The number of aromatic amines is 1. The largest absolute Gasteiger partial charge is 0.367 e. The van der Waals surface area contributed by atoms with E-state index < -0.39 is 0 Å². The molecule has 1 saturated heterocycles. The first kappa shape index (κ1) is 6.68. The first-order valence-corrected chi connectivity index (χ1v) is 3.45. The fraction of sp³-hybridized carbons (Fsp3) is 0.800. The predicted octanol–water partition coefficient (Wildman–Crippen LogP) is -1.12. The van der Waals surface area contributed by atoms with Crippen LogP contribution < -0.4 is 5.32 Å². The Morgan fingerprint density at radius 3 is 3.18 bits per heavy atom. The molecule has 1 unspecified atom stereocenters. The van der Waals surface area contributed by atoms with Gasteiger partial charge in [-0.05, 0) is 10.4 Å². The second-order valence-corrected chi connectivity index (χ2v) is 2.28. The molecule has 0 bridgehead atoms. The van der Waals surface area contributed by atoms with Gasteiger partial charge in [0, 0.05) is 13.1 Å². The molecule has 0 aliphatic carbocycles. The van der Waals surface area contributed by atoms with Crippen molar-refractivity contribution < 1.29 is 4.74 Å². The van der Waals surface area contributed by atoms with Crippen molar-refractivity contribution in [1.82, 2.24) is 25.9 Å². The zero-order valence-electron chi connectivity index (χ0n) is 5.90. The summed E-state index contributed by atoms with van der Waals surface area (Å²) in [6, 6.07) is 0. The molecule has 0 saturated carbocycles. The van der Waals surface area contributed by atoms with Crippen LogP contribution in [0.25, 0.3) is 0 Å². The van der Waals surface area contributed by atoms with Crippen LogP contribution in [0.15, 0.2) is 0 Å². The maximum Gasteiger partial charge on any atom is 0.179 e. The Balaban J connectivity index is 2.04. The molecular formula is C5H8N5O. The van der Waals surface area contributed by atoms with Crippen LogP contribution in [0.1, 0.15) is 11.9 Å². The molecule has 6 heteroatoms. The standard InChI is InChI=1S/C5H8N5O/c1-2-11-4(3-6-1)5-7-9-10-8-5/h4H,1-3H2,(H,7,8,9,10). The van der Waals surface area contributed by atoms with Crippen LogP contribution in [0.2, 0.25) is 0 Å². The predicted molar refractivity (Wildman–Crippen MR) is 34.7 cm³/mol. The summed E-state index contributed by atoms with van der Waals surface area (Å²) in [6.07, 6.45) is -0.0706. The second-order valence-electron chi connectivity index (χ2n) is 2.28. The summed E-state index contributed by atoms with van der Waals surface area (Å²) in [5, 5.41) is 17.5. The minimum Gasteiger partial charge on any atom is -0.367 e. The third-order valence-electron chi connectivity index (χ3n) is 1.53. The van der Waals surface area contributed by atoms with Crippen LogP contribution in [0, 0.1) is 0 Å². The molecule has 1 fully saturated rings. The Labute approximate surface area is 63.3 Å². The summed E-state index contributed by atoms with van der Waals surface area (Å²) < 4.78 is 5.35. The Kier molecular flexibility index (Phi) is 1.78. The van der Waals surface area contributed by atoms with Crippen molar-refractivity contribution in [2.75, 3.05) is 19.7 Å². The lowest BCUT2D eigenvalue weighted by Crippen LogP contribution is -2.29. The molecule has 11 heavy (non-hydrogen) atoms. The average Bonchev–Trinajstić information content (AvgIpc) is 2.58. The van der Waals surface area contributed by atoms with E-state index in [1.807, 2.05) is 0 Å². The molecule has 6 nitrogen and oxygen atoms in total. The maximum atomic E-state index is 5.35. The van der Waals surface area contributed by atoms with Gasteiger partial charge in [0.15, 0.2) is 5.82 Å². The van der Waals surface area contributed by atoms with Crippen molar-refractivity contribution >= 4 is 0 Å². The summed E-state index contributed by atoms with van der Waals surface area (Å²) in [5.74, 6) is 0.661. The van der Waals surface area contributed by atoms with Crippen LogP contribution in [0.4, 0.5) is 0 Å². The molecule has 0 spiro atoms. The Morgan fingerprint density at radius 2 is 2.55 bits per heavy atom. The molecule has 1 radical (unpaired) electrons. The van der Waals surface area contributed by atoms with Gasteiger partial charge in [0.25, 0.3) is 0 Å². The molecule has 1 aromatic rings. The first-order chi connectivity index (χ1) is 5.47. The van der Waals surface area contributed by atoms with E-state index in [2.05, 4.69) is 25.9 Å². The summed E-state index contributed by atoms with van der Waals surface area (Å²) in [6.45, 7) is 2.08. The molecule has 1 aliphatic rings. The monoisotopic (exact) mass is 154 g/mol. The molecule has 2 rings (SSSR count). The normalized spacial score (nSPS) is 25.3. The van der Waals surface area contributed by atoms with Gasteiger partial charge < -0.3 is 4.74 Å². The van der Waals surface area contributed by atoms with Crippen LogP contribution >= 0.6 is 0 Å². The fourth-order valence-electron chi connectivity index (χ4n) is 0.989. The van der Waals surface area contributed by atoms with Crippen molar-refractivity contribution in [3.8, 4) is 0 Å². The van der Waals surface area contributed by atoms with Crippen LogP contribution in [-0.2, 0) is 4.74 Å². The number of aromatic nitrogens is 4. The number of morpholine rings is 1. The Bertz CT molecular complexity index is 205. The lowest BCUT2D eigenvalue weighted by Gasteiger charge is -2.19. The van der Waals surface area contributed by atoms with Crippen molar-refractivity contribution in [2.24, 2.45) is 0 Å². The minimum atomic E-state index is -0.0706. The zero-order chi connectivity index (χ0) is 7.52. The quantitative estimate of drug-likeness (QED) is 0.555. The van der Waals surface area contributed by atoms with E-state index in [0.717, 1.165) is 6.54 Å². The van der Waals surface area contributed by atoms with E-state index in [0.29, 0.717) is 19.0 Å². The fourth-order valence-corrected chi connectivity index (χ4v) is 0.989. The SMILES string of the molecule is C1COC(c2nnn[nH]2)C[N]1. The molecule has 0 aromatic carbocycles. The number of tetrazole rings is 1. The van der Waals surface area contributed by atoms with Gasteiger partial charge >= 0.3 is 0 Å². The van der Waals surface area contributed by atoms with Gasteiger partial charge in [0.2, 0.25) is 0 Å². The molecule has 1 aliphatic heterocycles. The summed E-state index contributed by atoms with van der Waals surface area (Å²) in [7, 11) is 0. The number of hydrogen-bond donors (Lipinski definition) is 1. The van der Waals surface area contributed by atoms with Gasteiger partial charge in [-0.25, -0.2) is 10.4 Å². The zero-order valence-corrected chi connectivity index (χ0v) is 5.90. The topological polar surface area (TPSA) is 77.8 Å². The molecule has 1 atom stereocenters. The third-order valence-corrected chi connectivity index (χ3v) is 1.53. The highest BCUT2D eigenvalue weighted by molar-refractivity contribution is 4.87. The van der Waals surface area contributed by atoms with E-state index in [1.165, 1.54) is 0 Å². The van der Waals surface area contributed by atoms with E-state index in [4.69, 9.17) is 4.74 Å². The average molecular weight is 154 g/mol. The van der Waals surface area contributed by atoms with E-state index in [-0.39, 0.29) is 6.10 Å². The molecule has 1 aromatic heterocycles. The highest BCUT2D eigenvalue weighted by Gasteiger charge is 2.19. The van der Waals surface area contributed by atoms with Gasteiger partial charge in [-0.1, -0.05) is 0 Å². The highest BCUT2D eigenvalue weighted by Crippen LogP contribution is 2.12. The van der Waals surface area contributed by atoms with Crippen molar-refractivity contribution in [3.63, 3.8) is 0 Å². The van der Waals surface area contributed by atoms with Crippen LogP contribution in [0.5, 0.6) is 0 Å². The van der Waals surface area contributed by atoms with E-state index >= 15 is 0 Å². The van der Waals surface area contributed by atoms with Gasteiger partial charge in [-0.2, -0.15) is 0 Å². The van der Waals surface area contributed by atoms with Gasteiger partial charge in [0.05, 0.1) is 6.61 Å². The molecule has 1 N–H and O–H groups in total. The third kappa shape index (κ3) is 1.36. The van der Waals surface area contributed by atoms with Crippen molar-refractivity contribution in [3.05, 3.63) is 5.82 Å². The molecule has 2 heterocycles. The minimum absolute atomic E-state index is 0.0706. The summed E-state index contributed by atoms with van der Waals surface area (Å²) in [4.78, 5) is 0. The lowest BCUT2D eigenvalue weighted by atomic mass is 10.3. The van der Waals surface area contributed by atoms with Crippen molar-refractivity contribution in [2.45, 2.75) is 6.10 Å². The number of H-pyrrole nitrogens is 1. The number of nitrogens with one attached hydrogen (secondary N) is 1. The lowest BCUT2D eigenvalue weighted by molar-refractivity contribution is 0.0205. The summed E-state index contributed by atoms with van der Waals surface area (Å²) >= 11 is 0. The van der Waals surface area contributed by atoms with Gasteiger partial charge in [0.1, 0.15) is 6.10 Å². The highest BCUT2D eigenvalue weighted by atomic mass is 16.5. The molecule has 59 valence electrons. The van der Waals surface area contributed by atoms with Gasteiger partial charge in [-0.3, -0.25) is 0 Å². The van der Waals surface area contributed by atoms with Crippen molar-refractivity contribution in [1.29, 1.82) is 0 Å². The number of ether oxygens (including phenoxy) is 1. The Morgan fingerprint density at radius 1 is 1.55 bits per heavy atom. The first-order valence-electron chi connectivity index (χ1n) is 3.45. The van der Waals surface area contributed by atoms with Crippen LogP contribution in [0.3, 0.4) is 0 Å². The number of rotatable bonds is 1. The number of nitrogens with zero attached hydrogens (tertiary/aromatic N) is 4. The molecular weight excluding hydrogens is 146 g/mol. The van der Waals surface area contributed by atoms with E-state index in [1.54, 1.807) is 0 Å². The Hall–Kier alpha value is -1.01. The summed E-state index contributed by atoms with van der Waals surface area (Å²) in [5.41, 5.74) is 0. The van der Waals surface area contributed by atoms with Crippen LogP contribution in [-0.4, -0.2) is 40.3 Å². The smallest absolute Gasteiger partial charge is 0.179 e. The number of hydrogen-bond acceptors (Lipinski definition) is 4. The maximum absolute atomic E-state index is 5.35. The second kappa shape index (κ2) is 2.93.